The van der Waals surface area contributed by atoms with E-state index in [0.29, 0.717) is 21.2 Å². The van der Waals surface area contributed by atoms with Crippen molar-refractivity contribution in [1.82, 2.24) is 14.2 Å². The molecule has 4 rings (SSSR count). The van der Waals surface area contributed by atoms with Crippen LogP contribution in [0.25, 0.3) is 5.52 Å². The van der Waals surface area contributed by atoms with Crippen molar-refractivity contribution in [3.63, 3.8) is 0 Å². The molecule has 0 unspecified atom stereocenters. The van der Waals surface area contributed by atoms with Crippen molar-refractivity contribution in [3.05, 3.63) is 62.2 Å². The van der Waals surface area contributed by atoms with Gasteiger partial charge in [0.15, 0.2) is 0 Å². The van der Waals surface area contributed by atoms with Gasteiger partial charge in [-0.25, -0.2) is 4.52 Å². The molecule has 3 aromatic rings. The smallest absolute Gasteiger partial charge is 0.276 e. The van der Waals surface area contributed by atoms with Gasteiger partial charge in [0, 0.05) is 35.9 Å². The number of benzene rings is 1. The summed E-state index contributed by atoms with van der Waals surface area (Å²) in [7, 11) is 0. The first kappa shape index (κ1) is 18.1. The van der Waals surface area contributed by atoms with Gasteiger partial charge in [0.1, 0.15) is 5.52 Å². The monoisotopic (exact) mass is 404 g/mol. The minimum atomic E-state index is -0.235. The maximum absolute atomic E-state index is 12.9. The summed E-state index contributed by atoms with van der Waals surface area (Å²) in [6.45, 7) is 0.277. The van der Waals surface area contributed by atoms with E-state index in [-0.39, 0.29) is 24.4 Å². The second kappa shape index (κ2) is 7.37. The first-order valence-electron chi connectivity index (χ1n) is 8.87. The van der Waals surface area contributed by atoms with Crippen molar-refractivity contribution in [1.29, 1.82) is 0 Å². The Morgan fingerprint density at radius 3 is 2.85 bits per heavy atom. The number of hydrogen-bond donors (Lipinski definition) is 1. The maximum atomic E-state index is 12.9. The van der Waals surface area contributed by atoms with Gasteiger partial charge in [0.25, 0.3) is 5.56 Å². The Hall–Kier alpha value is -2.31. The SMILES string of the molecule is O=C(CCn1ccn2nc3c(c2c1=O)CCCC3)Nc1cc(Cl)ccc1Cl. The molecule has 1 aliphatic rings. The van der Waals surface area contributed by atoms with Crippen molar-refractivity contribution >= 4 is 40.3 Å². The van der Waals surface area contributed by atoms with Gasteiger partial charge >= 0.3 is 0 Å². The highest BCUT2D eigenvalue weighted by atomic mass is 35.5. The third-order valence-electron chi connectivity index (χ3n) is 4.82. The number of halogens is 2. The summed E-state index contributed by atoms with van der Waals surface area (Å²) >= 11 is 12.0. The van der Waals surface area contributed by atoms with Crippen LogP contribution in [0.1, 0.15) is 30.5 Å². The zero-order chi connectivity index (χ0) is 19.0. The van der Waals surface area contributed by atoms with Gasteiger partial charge in [-0.05, 0) is 43.9 Å². The molecule has 1 N–H and O–H groups in total. The molecule has 0 atom stereocenters. The zero-order valence-electron chi connectivity index (χ0n) is 14.5. The Bertz CT molecular complexity index is 1090. The molecule has 2 aromatic heterocycles. The molecule has 0 radical (unpaired) electrons. The number of nitrogens with one attached hydrogen (secondary N) is 1. The minimum absolute atomic E-state index is 0.110. The standard InChI is InChI=1S/C19H18Cl2N4O2/c20-12-5-6-14(21)16(11-12)22-17(26)7-8-24-9-10-25-18(19(24)27)13-3-1-2-4-15(13)23-25/h5-6,9-11H,1-4,7-8H2,(H,22,26). The minimum Gasteiger partial charge on any atom is -0.325 e. The second-order valence-electron chi connectivity index (χ2n) is 6.64. The first-order chi connectivity index (χ1) is 13.0. The van der Waals surface area contributed by atoms with E-state index in [4.69, 9.17) is 23.2 Å². The van der Waals surface area contributed by atoms with Crippen molar-refractivity contribution in [2.45, 2.75) is 38.6 Å². The zero-order valence-corrected chi connectivity index (χ0v) is 16.1. The van der Waals surface area contributed by atoms with Crippen LogP contribution in [0.15, 0.2) is 35.4 Å². The highest BCUT2D eigenvalue weighted by molar-refractivity contribution is 6.35. The predicted octanol–water partition coefficient (Wildman–Crippen LogP) is 3.71. The summed E-state index contributed by atoms with van der Waals surface area (Å²) in [6.07, 6.45) is 7.58. The molecule has 27 heavy (non-hydrogen) atoms. The number of amides is 1. The Labute approximate surface area is 165 Å². The molecule has 0 saturated carbocycles. The number of nitrogens with zero attached hydrogens (tertiary/aromatic N) is 3. The molecule has 1 aliphatic carbocycles. The summed E-state index contributed by atoms with van der Waals surface area (Å²) in [5.41, 5.74) is 3.05. The summed E-state index contributed by atoms with van der Waals surface area (Å²) < 4.78 is 3.23. The largest absolute Gasteiger partial charge is 0.325 e. The molecule has 0 saturated heterocycles. The number of aromatic nitrogens is 3. The van der Waals surface area contributed by atoms with E-state index in [1.807, 2.05) is 0 Å². The molecule has 1 aromatic carbocycles. The van der Waals surface area contributed by atoms with Crippen LogP contribution in [0, 0.1) is 0 Å². The van der Waals surface area contributed by atoms with Crippen molar-refractivity contribution in [3.8, 4) is 0 Å². The fraction of sp³-hybridized carbons (Fsp3) is 0.316. The van der Waals surface area contributed by atoms with Crippen molar-refractivity contribution in [2.75, 3.05) is 5.32 Å². The predicted molar refractivity (Wildman–Crippen MR) is 106 cm³/mol. The van der Waals surface area contributed by atoms with Gasteiger partial charge in [-0.15, -0.1) is 0 Å². The quantitative estimate of drug-likeness (QED) is 0.720. The third-order valence-corrected chi connectivity index (χ3v) is 5.38. The summed E-state index contributed by atoms with van der Waals surface area (Å²) in [5.74, 6) is -0.235. The van der Waals surface area contributed by atoms with Crippen LogP contribution in [0.2, 0.25) is 10.0 Å². The molecular weight excluding hydrogens is 387 g/mol. The molecule has 140 valence electrons. The number of carbonyl (C=O) groups is 1. The van der Waals surface area contributed by atoms with E-state index in [1.165, 1.54) is 0 Å². The van der Waals surface area contributed by atoms with Crippen molar-refractivity contribution in [2.24, 2.45) is 0 Å². The van der Waals surface area contributed by atoms with Crippen molar-refractivity contribution < 1.29 is 4.79 Å². The van der Waals surface area contributed by atoms with E-state index in [1.54, 1.807) is 39.7 Å². The Balaban J connectivity index is 1.52. The average molecular weight is 405 g/mol. The van der Waals surface area contributed by atoms with Gasteiger partial charge in [-0.2, -0.15) is 5.10 Å². The van der Waals surface area contributed by atoms with Gasteiger partial charge in [-0.3, -0.25) is 9.59 Å². The lowest BCUT2D eigenvalue weighted by atomic mass is 9.97. The molecule has 1 amide bonds. The van der Waals surface area contributed by atoms with E-state index < -0.39 is 0 Å². The molecule has 8 heteroatoms. The number of anilines is 1. The van der Waals surface area contributed by atoms with Crippen LogP contribution >= 0.6 is 23.2 Å². The molecule has 2 heterocycles. The lowest BCUT2D eigenvalue weighted by Crippen LogP contribution is -2.25. The Kier molecular flexibility index (Phi) is 4.93. The molecular formula is C19H18Cl2N4O2. The lowest BCUT2D eigenvalue weighted by Gasteiger charge is -2.10. The van der Waals surface area contributed by atoms with Gasteiger partial charge in [0.2, 0.25) is 5.91 Å². The maximum Gasteiger partial charge on any atom is 0.276 e. The van der Waals surface area contributed by atoms with Crippen LogP contribution in [0.4, 0.5) is 5.69 Å². The van der Waals surface area contributed by atoms with Crippen LogP contribution in [0.5, 0.6) is 0 Å². The first-order valence-corrected chi connectivity index (χ1v) is 9.63. The van der Waals surface area contributed by atoms with E-state index in [2.05, 4.69) is 10.4 Å². The normalized spacial score (nSPS) is 13.6. The topological polar surface area (TPSA) is 68.4 Å². The molecule has 0 aliphatic heterocycles. The molecule has 0 spiro atoms. The molecule has 6 nitrogen and oxygen atoms in total. The summed E-state index contributed by atoms with van der Waals surface area (Å²) in [4.78, 5) is 25.1. The highest BCUT2D eigenvalue weighted by Crippen LogP contribution is 2.25. The van der Waals surface area contributed by atoms with E-state index >= 15 is 0 Å². The fourth-order valence-electron chi connectivity index (χ4n) is 3.46. The van der Waals surface area contributed by atoms with Crippen LogP contribution in [0.3, 0.4) is 0 Å². The third kappa shape index (κ3) is 3.59. The number of fused-ring (bicyclic) bond motifs is 3. The van der Waals surface area contributed by atoms with Gasteiger partial charge < -0.3 is 9.88 Å². The average Bonchev–Trinajstić information content (AvgIpc) is 3.03. The second-order valence-corrected chi connectivity index (χ2v) is 7.49. The fourth-order valence-corrected chi connectivity index (χ4v) is 3.80. The lowest BCUT2D eigenvalue weighted by molar-refractivity contribution is -0.116. The molecule has 0 fully saturated rings. The summed E-state index contributed by atoms with van der Waals surface area (Å²) in [6, 6.07) is 4.87. The highest BCUT2D eigenvalue weighted by Gasteiger charge is 2.19. The van der Waals surface area contributed by atoms with Crippen LogP contribution in [-0.2, 0) is 24.2 Å². The number of rotatable bonds is 4. The van der Waals surface area contributed by atoms with Crippen LogP contribution < -0.4 is 10.9 Å². The summed E-state index contributed by atoms with van der Waals surface area (Å²) in [5, 5.41) is 8.16. The van der Waals surface area contributed by atoms with Gasteiger partial charge in [0.05, 0.1) is 16.4 Å². The Morgan fingerprint density at radius 1 is 1.19 bits per heavy atom. The number of hydrogen-bond acceptors (Lipinski definition) is 3. The van der Waals surface area contributed by atoms with E-state index in [0.717, 1.165) is 36.9 Å². The van der Waals surface area contributed by atoms with E-state index in [9.17, 15) is 9.59 Å². The Morgan fingerprint density at radius 2 is 2.00 bits per heavy atom. The van der Waals surface area contributed by atoms with Crippen LogP contribution in [-0.4, -0.2) is 20.1 Å². The molecule has 0 bridgehead atoms. The number of carbonyl (C=O) groups excluding carboxylic acids is 1. The number of aryl methyl sites for hydroxylation is 3. The van der Waals surface area contributed by atoms with Gasteiger partial charge in [-0.1, -0.05) is 23.2 Å².